The molecule has 0 fully saturated rings. The van der Waals surface area contributed by atoms with Crippen LogP contribution >= 0.6 is 0 Å². The number of aromatic amines is 1. The van der Waals surface area contributed by atoms with E-state index in [2.05, 4.69) is 10.2 Å². The fraction of sp³-hybridized carbons (Fsp3) is 0.0909. The number of H-pyrrole nitrogens is 1. The zero-order valence-corrected chi connectivity index (χ0v) is 8.19. The smallest absolute Gasteiger partial charge is 0.238 e. The maximum Gasteiger partial charge on any atom is 0.238 e. The summed E-state index contributed by atoms with van der Waals surface area (Å²) < 4.78 is 5.45. The van der Waals surface area contributed by atoms with Crippen LogP contribution in [0.15, 0.2) is 30.3 Å². The third kappa shape index (κ3) is 2.15. The van der Waals surface area contributed by atoms with Crippen LogP contribution in [0.4, 0.5) is 0 Å². The number of benzene rings is 1. The zero-order valence-electron chi connectivity index (χ0n) is 8.19. The molecule has 0 amide bonds. The van der Waals surface area contributed by atoms with E-state index < -0.39 is 0 Å². The first-order valence-electron chi connectivity index (χ1n) is 4.48. The quantitative estimate of drug-likeness (QED) is 0.807. The van der Waals surface area contributed by atoms with Gasteiger partial charge in [0.15, 0.2) is 0 Å². The number of ether oxygens (including phenoxy) is 1. The lowest BCUT2D eigenvalue weighted by molar-refractivity contribution is 0.461. The van der Waals surface area contributed by atoms with Gasteiger partial charge in [-0.3, -0.25) is 5.10 Å². The van der Waals surface area contributed by atoms with Crippen LogP contribution in [0.25, 0.3) is 0 Å². The van der Waals surface area contributed by atoms with Gasteiger partial charge in [0.2, 0.25) is 5.88 Å². The summed E-state index contributed by atoms with van der Waals surface area (Å²) in [5, 5.41) is 15.3. The van der Waals surface area contributed by atoms with Crippen molar-refractivity contribution >= 4 is 0 Å². The Kier molecular flexibility index (Phi) is 2.38. The maximum atomic E-state index is 8.61. The standard InChI is InChI=1S/C11H9N3O/c1-8-6-11(14-13-8)15-10-4-2-9(7-12)3-5-10/h2-6H,1H3,(H,13,14). The molecule has 0 aliphatic heterocycles. The van der Waals surface area contributed by atoms with Gasteiger partial charge in [0.1, 0.15) is 5.75 Å². The van der Waals surface area contributed by atoms with E-state index in [9.17, 15) is 0 Å². The van der Waals surface area contributed by atoms with E-state index in [0.29, 0.717) is 17.2 Å². The molecule has 1 aromatic carbocycles. The van der Waals surface area contributed by atoms with Crippen molar-refractivity contribution in [2.75, 3.05) is 0 Å². The molecule has 1 aromatic heterocycles. The Bertz CT molecular complexity index is 493. The van der Waals surface area contributed by atoms with Crippen LogP contribution in [0.5, 0.6) is 11.6 Å². The molecule has 0 unspecified atom stereocenters. The van der Waals surface area contributed by atoms with Crippen molar-refractivity contribution in [3.05, 3.63) is 41.6 Å². The van der Waals surface area contributed by atoms with Crippen molar-refractivity contribution < 1.29 is 4.74 Å². The van der Waals surface area contributed by atoms with Crippen LogP contribution in [0.2, 0.25) is 0 Å². The van der Waals surface area contributed by atoms with Crippen molar-refractivity contribution in [1.29, 1.82) is 5.26 Å². The Balaban J connectivity index is 2.15. The van der Waals surface area contributed by atoms with Crippen LogP contribution in [0, 0.1) is 18.3 Å². The number of nitrogens with one attached hydrogen (secondary N) is 1. The Morgan fingerprint density at radius 3 is 2.60 bits per heavy atom. The van der Waals surface area contributed by atoms with Crippen LogP contribution in [0.1, 0.15) is 11.3 Å². The van der Waals surface area contributed by atoms with Gasteiger partial charge in [0.25, 0.3) is 0 Å². The number of nitrogens with zero attached hydrogens (tertiary/aromatic N) is 2. The Hall–Kier alpha value is -2.28. The summed E-state index contributed by atoms with van der Waals surface area (Å²) in [4.78, 5) is 0. The molecule has 2 rings (SSSR count). The van der Waals surface area contributed by atoms with Gasteiger partial charge in [0, 0.05) is 11.8 Å². The molecule has 0 saturated carbocycles. The van der Waals surface area contributed by atoms with Crippen LogP contribution in [0.3, 0.4) is 0 Å². The monoisotopic (exact) mass is 199 g/mol. The minimum absolute atomic E-state index is 0.525. The highest BCUT2D eigenvalue weighted by molar-refractivity contribution is 5.36. The number of hydrogen-bond acceptors (Lipinski definition) is 3. The molecule has 15 heavy (non-hydrogen) atoms. The summed E-state index contributed by atoms with van der Waals surface area (Å²) in [6.07, 6.45) is 0. The topological polar surface area (TPSA) is 61.7 Å². The van der Waals surface area contributed by atoms with Gasteiger partial charge in [-0.05, 0) is 31.2 Å². The summed E-state index contributed by atoms with van der Waals surface area (Å²) in [6, 6.07) is 10.7. The van der Waals surface area contributed by atoms with Crippen LogP contribution in [-0.2, 0) is 0 Å². The molecule has 0 atom stereocenters. The van der Waals surface area contributed by atoms with Gasteiger partial charge >= 0.3 is 0 Å². The molecule has 0 spiro atoms. The van der Waals surface area contributed by atoms with Crippen molar-refractivity contribution in [3.8, 4) is 17.7 Å². The highest BCUT2D eigenvalue weighted by atomic mass is 16.5. The second kappa shape index (κ2) is 3.84. The van der Waals surface area contributed by atoms with Gasteiger partial charge < -0.3 is 4.74 Å². The lowest BCUT2D eigenvalue weighted by Crippen LogP contribution is -1.84. The predicted molar refractivity (Wildman–Crippen MR) is 54.6 cm³/mol. The van der Waals surface area contributed by atoms with Gasteiger partial charge in [-0.25, -0.2) is 0 Å². The number of nitriles is 1. The normalized spacial score (nSPS) is 9.60. The maximum absolute atomic E-state index is 8.61. The van der Waals surface area contributed by atoms with Crippen LogP contribution in [-0.4, -0.2) is 10.2 Å². The molecular formula is C11H9N3O. The van der Waals surface area contributed by atoms with Crippen molar-refractivity contribution in [2.45, 2.75) is 6.92 Å². The first kappa shape index (κ1) is 9.28. The lowest BCUT2D eigenvalue weighted by Gasteiger charge is -2.00. The van der Waals surface area contributed by atoms with E-state index in [1.165, 1.54) is 0 Å². The second-order valence-corrected chi connectivity index (χ2v) is 3.13. The second-order valence-electron chi connectivity index (χ2n) is 3.13. The number of hydrogen-bond donors (Lipinski definition) is 1. The first-order chi connectivity index (χ1) is 7.28. The van der Waals surface area contributed by atoms with Crippen molar-refractivity contribution in [1.82, 2.24) is 10.2 Å². The van der Waals surface area contributed by atoms with Crippen molar-refractivity contribution in [2.24, 2.45) is 0 Å². The van der Waals surface area contributed by atoms with Gasteiger partial charge in [0.05, 0.1) is 11.6 Å². The molecule has 1 heterocycles. The first-order valence-corrected chi connectivity index (χ1v) is 4.48. The largest absolute Gasteiger partial charge is 0.438 e. The van der Waals surface area contributed by atoms with E-state index in [1.807, 2.05) is 13.0 Å². The third-order valence-corrected chi connectivity index (χ3v) is 1.89. The molecular weight excluding hydrogens is 190 g/mol. The molecule has 1 N–H and O–H groups in total. The minimum atomic E-state index is 0.525. The highest BCUT2D eigenvalue weighted by Gasteiger charge is 2.00. The highest BCUT2D eigenvalue weighted by Crippen LogP contribution is 2.19. The van der Waals surface area contributed by atoms with E-state index >= 15 is 0 Å². The van der Waals surface area contributed by atoms with E-state index in [4.69, 9.17) is 10.00 Å². The summed E-state index contributed by atoms with van der Waals surface area (Å²) in [5.41, 5.74) is 1.55. The summed E-state index contributed by atoms with van der Waals surface area (Å²) >= 11 is 0. The summed E-state index contributed by atoms with van der Waals surface area (Å²) in [5.74, 6) is 1.19. The van der Waals surface area contributed by atoms with E-state index in [-0.39, 0.29) is 0 Å². The van der Waals surface area contributed by atoms with E-state index in [0.717, 1.165) is 5.69 Å². The molecule has 4 nitrogen and oxygen atoms in total. The Morgan fingerprint density at radius 2 is 2.07 bits per heavy atom. The van der Waals surface area contributed by atoms with Gasteiger partial charge in [-0.1, -0.05) is 0 Å². The molecule has 0 saturated heterocycles. The molecule has 74 valence electrons. The molecule has 4 heteroatoms. The number of rotatable bonds is 2. The average Bonchev–Trinajstić information content (AvgIpc) is 2.65. The minimum Gasteiger partial charge on any atom is -0.438 e. The Morgan fingerprint density at radius 1 is 1.33 bits per heavy atom. The Labute approximate surface area is 87.1 Å². The molecule has 0 aliphatic rings. The molecule has 0 bridgehead atoms. The average molecular weight is 199 g/mol. The molecule has 2 aromatic rings. The summed E-state index contributed by atoms with van der Waals surface area (Å²) in [7, 11) is 0. The zero-order chi connectivity index (χ0) is 10.7. The number of aromatic nitrogens is 2. The van der Waals surface area contributed by atoms with E-state index in [1.54, 1.807) is 30.3 Å². The fourth-order valence-corrected chi connectivity index (χ4v) is 1.16. The third-order valence-electron chi connectivity index (χ3n) is 1.89. The fourth-order valence-electron chi connectivity index (χ4n) is 1.16. The predicted octanol–water partition coefficient (Wildman–Crippen LogP) is 2.38. The SMILES string of the molecule is Cc1cc(Oc2ccc(C#N)cc2)n[nH]1. The lowest BCUT2D eigenvalue weighted by atomic mass is 10.2. The van der Waals surface area contributed by atoms with Crippen molar-refractivity contribution in [3.63, 3.8) is 0 Å². The molecule has 0 radical (unpaired) electrons. The number of aryl methyl sites for hydroxylation is 1. The van der Waals surface area contributed by atoms with Gasteiger partial charge in [-0.2, -0.15) is 5.26 Å². The molecule has 0 aliphatic carbocycles. The van der Waals surface area contributed by atoms with Crippen LogP contribution < -0.4 is 4.74 Å². The van der Waals surface area contributed by atoms with Gasteiger partial charge in [-0.15, -0.1) is 5.10 Å². The summed E-state index contributed by atoms with van der Waals surface area (Å²) in [6.45, 7) is 1.90.